The van der Waals surface area contributed by atoms with Gasteiger partial charge < -0.3 is 15.1 Å². The zero-order chi connectivity index (χ0) is 29.0. The summed E-state index contributed by atoms with van der Waals surface area (Å²) in [6.07, 6.45) is 7.56. The molecule has 0 atom stereocenters. The van der Waals surface area contributed by atoms with E-state index in [4.69, 9.17) is 0 Å². The van der Waals surface area contributed by atoms with Gasteiger partial charge in [-0.25, -0.2) is 4.39 Å². The van der Waals surface area contributed by atoms with Crippen LogP contribution in [0.1, 0.15) is 67.4 Å². The minimum absolute atomic E-state index is 0.0917. The summed E-state index contributed by atoms with van der Waals surface area (Å²) in [5, 5.41) is 3.04. The average molecular weight is 574 g/mol. The second-order valence-corrected chi connectivity index (χ2v) is 11.4. The third kappa shape index (κ3) is 8.54. The van der Waals surface area contributed by atoms with Gasteiger partial charge in [0.05, 0.1) is 17.1 Å². The maximum Gasteiger partial charge on any atom is 0.265 e. The van der Waals surface area contributed by atoms with Crippen LogP contribution in [0.4, 0.5) is 10.1 Å². The van der Waals surface area contributed by atoms with E-state index in [9.17, 15) is 14.0 Å². The lowest BCUT2D eigenvalue weighted by Crippen LogP contribution is -2.34. The first kappa shape index (κ1) is 30.5. The molecule has 0 saturated carbocycles. The van der Waals surface area contributed by atoms with Crippen molar-refractivity contribution >= 4 is 35.3 Å². The van der Waals surface area contributed by atoms with E-state index in [-0.39, 0.29) is 24.2 Å². The maximum atomic E-state index is 14.4. The van der Waals surface area contributed by atoms with E-state index in [2.05, 4.69) is 24.1 Å². The molecule has 41 heavy (non-hydrogen) atoms. The number of halogens is 1. The van der Waals surface area contributed by atoms with Crippen LogP contribution in [-0.2, 0) is 11.3 Å². The van der Waals surface area contributed by atoms with Gasteiger partial charge in [0.15, 0.2) is 0 Å². The van der Waals surface area contributed by atoms with Crippen molar-refractivity contribution in [1.29, 1.82) is 0 Å². The molecule has 1 aliphatic rings. The second kappa shape index (κ2) is 15.5. The molecule has 3 aromatic carbocycles. The molecule has 2 amide bonds. The van der Waals surface area contributed by atoms with Crippen LogP contribution in [0, 0.1) is 5.82 Å². The maximum absolute atomic E-state index is 14.4. The first-order valence-corrected chi connectivity index (χ1v) is 15.5. The Bertz CT molecular complexity index is 1330. The molecule has 0 fully saturated rings. The molecule has 0 spiro atoms. The monoisotopic (exact) mass is 573 g/mol. The van der Waals surface area contributed by atoms with Gasteiger partial charge in [0.2, 0.25) is 0 Å². The van der Waals surface area contributed by atoms with Crippen LogP contribution in [0.5, 0.6) is 0 Å². The summed E-state index contributed by atoms with van der Waals surface area (Å²) in [7, 11) is 0. The number of hydrogen-bond donors (Lipinski definition) is 1. The molecule has 0 saturated heterocycles. The van der Waals surface area contributed by atoms with Gasteiger partial charge >= 0.3 is 0 Å². The number of unbranched alkanes of at least 4 members (excludes halogenated alkanes) is 2. The highest BCUT2D eigenvalue weighted by Gasteiger charge is 2.29. The molecule has 7 heteroatoms. The van der Waals surface area contributed by atoms with Crippen molar-refractivity contribution in [3.05, 3.63) is 100 Å². The van der Waals surface area contributed by atoms with Crippen LogP contribution < -0.4 is 10.2 Å². The molecule has 0 aromatic heterocycles. The summed E-state index contributed by atoms with van der Waals surface area (Å²) in [6, 6.07) is 21.5. The normalized spacial score (nSPS) is 14.0. The number of nitrogens with one attached hydrogen (secondary N) is 1. The number of anilines is 1. The zero-order valence-electron chi connectivity index (χ0n) is 24.1. The molecule has 216 valence electrons. The molecule has 0 bridgehead atoms. The fourth-order valence-electron chi connectivity index (χ4n) is 4.80. The average Bonchev–Trinajstić information content (AvgIpc) is 2.99. The van der Waals surface area contributed by atoms with Gasteiger partial charge in [-0.1, -0.05) is 80.9 Å². The molecule has 5 nitrogen and oxygen atoms in total. The van der Waals surface area contributed by atoms with E-state index in [0.717, 1.165) is 42.2 Å². The van der Waals surface area contributed by atoms with Crippen LogP contribution in [0.2, 0.25) is 0 Å². The van der Waals surface area contributed by atoms with Gasteiger partial charge in [0, 0.05) is 22.6 Å². The Morgan fingerprint density at radius 2 is 1.56 bits per heavy atom. The lowest BCUT2D eigenvalue weighted by Gasteiger charge is -2.30. The fourth-order valence-corrected chi connectivity index (χ4v) is 5.86. The Kier molecular flexibility index (Phi) is 11.6. The van der Waals surface area contributed by atoms with Crippen molar-refractivity contribution in [3.8, 4) is 0 Å². The topological polar surface area (TPSA) is 52.7 Å². The number of para-hydroxylation sites is 1. The molecular formula is C34H40FN3O2S. The number of carbonyl (C=O) groups is 2. The van der Waals surface area contributed by atoms with Crippen molar-refractivity contribution in [2.45, 2.75) is 57.4 Å². The van der Waals surface area contributed by atoms with Crippen molar-refractivity contribution in [3.63, 3.8) is 0 Å². The lowest BCUT2D eigenvalue weighted by atomic mass is 10.1. The smallest absolute Gasteiger partial charge is 0.265 e. The standard InChI is InChI=1S/C34H40FN3O2S/c1-3-5-21-37(22-6-4-2)23-11-20-36-33(39)27-18-16-26(17-19-27)24-32-34(40)38(25-28-12-7-8-13-29(28)35)30-14-9-10-15-31(30)41-32/h7-10,12-19,24H,3-6,11,20-23,25H2,1-2H3,(H,36,39)/b32-24-. The summed E-state index contributed by atoms with van der Waals surface area (Å²) < 4.78 is 14.4. The van der Waals surface area contributed by atoms with Crippen molar-refractivity contribution in [2.24, 2.45) is 0 Å². The van der Waals surface area contributed by atoms with Crippen molar-refractivity contribution < 1.29 is 14.0 Å². The van der Waals surface area contributed by atoms with Crippen molar-refractivity contribution in [1.82, 2.24) is 10.2 Å². The van der Waals surface area contributed by atoms with Crippen LogP contribution >= 0.6 is 11.8 Å². The van der Waals surface area contributed by atoms with Gasteiger partial charge in [-0.2, -0.15) is 0 Å². The first-order valence-electron chi connectivity index (χ1n) is 14.6. The molecule has 0 unspecified atom stereocenters. The largest absolute Gasteiger partial charge is 0.352 e. The lowest BCUT2D eigenvalue weighted by molar-refractivity contribution is -0.114. The predicted molar refractivity (Wildman–Crippen MR) is 168 cm³/mol. The fraction of sp³-hybridized carbons (Fsp3) is 0.353. The van der Waals surface area contributed by atoms with Crippen LogP contribution in [0.3, 0.4) is 0 Å². The molecular weight excluding hydrogens is 533 g/mol. The summed E-state index contributed by atoms with van der Waals surface area (Å²) >= 11 is 1.41. The highest BCUT2D eigenvalue weighted by Crippen LogP contribution is 2.42. The van der Waals surface area contributed by atoms with Gasteiger partial charge in [-0.15, -0.1) is 0 Å². The molecule has 3 aromatic rings. The Morgan fingerprint density at radius 1 is 0.902 bits per heavy atom. The Balaban J connectivity index is 1.38. The SMILES string of the molecule is CCCCN(CCCC)CCCNC(=O)c1ccc(/C=C2\Sc3ccccc3N(Cc3ccccc3F)C2=O)cc1. The molecule has 4 rings (SSSR count). The molecule has 0 aliphatic carbocycles. The second-order valence-electron chi connectivity index (χ2n) is 10.3. The number of amides is 2. The first-order chi connectivity index (χ1) is 20.0. The molecule has 1 aliphatic heterocycles. The van der Waals surface area contributed by atoms with E-state index in [1.54, 1.807) is 35.2 Å². The predicted octanol–water partition coefficient (Wildman–Crippen LogP) is 7.53. The third-order valence-electron chi connectivity index (χ3n) is 7.18. The number of fused-ring (bicyclic) bond motifs is 1. The van der Waals surface area contributed by atoms with Gasteiger partial charge in [-0.3, -0.25) is 9.59 Å². The van der Waals surface area contributed by atoms with Crippen LogP contribution in [-0.4, -0.2) is 42.9 Å². The highest BCUT2D eigenvalue weighted by atomic mass is 32.2. The van der Waals surface area contributed by atoms with Crippen LogP contribution in [0.25, 0.3) is 6.08 Å². The quantitative estimate of drug-likeness (QED) is 0.160. The number of benzene rings is 3. The number of rotatable bonds is 14. The van der Waals surface area contributed by atoms with Gasteiger partial charge in [0.25, 0.3) is 11.8 Å². The van der Waals surface area contributed by atoms with E-state index < -0.39 is 0 Å². The minimum Gasteiger partial charge on any atom is -0.352 e. The van der Waals surface area contributed by atoms with E-state index in [1.165, 1.54) is 43.5 Å². The van der Waals surface area contributed by atoms with E-state index in [0.29, 0.717) is 22.6 Å². The molecule has 1 heterocycles. The Labute approximate surface area is 247 Å². The third-order valence-corrected chi connectivity index (χ3v) is 8.26. The van der Waals surface area contributed by atoms with Gasteiger partial charge in [-0.05, 0) is 80.9 Å². The summed E-state index contributed by atoms with van der Waals surface area (Å²) in [5.74, 6) is -0.600. The number of hydrogen-bond acceptors (Lipinski definition) is 4. The summed E-state index contributed by atoms with van der Waals surface area (Å²) in [4.78, 5) is 31.9. The van der Waals surface area contributed by atoms with Crippen LogP contribution in [0.15, 0.2) is 82.6 Å². The molecule has 0 radical (unpaired) electrons. The van der Waals surface area contributed by atoms with E-state index >= 15 is 0 Å². The van der Waals surface area contributed by atoms with E-state index in [1.807, 2.05) is 42.5 Å². The van der Waals surface area contributed by atoms with Gasteiger partial charge in [0.1, 0.15) is 5.82 Å². The van der Waals surface area contributed by atoms with Crippen molar-refractivity contribution in [2.75, 3.05) is 31.1 Å². The molecule has 1 N–H and O–H groups in total. The minimum atomic E-state index is -0.333. The number of carbonyl (C=O) groups excluding carboxylic acids is 2. The summed E-state index contributed by atoms with van der Waals surface area (Å²) in [5.41, 5.74) is 2.65. The summed E-state index contributed by atoms with van der Waals surface area (Å²) in [6.45, 7) is 8.46. The Morgan fingerprint density at radius 3 is 2.27 bits per heavy atom. The number of thioether (sulfide) groups is 1. The highest BCUT2D eigenvalue weighted by molar-refractivity contribution is 8.04. The Hall–Kier alpha value is -3.42. The zero-order valence-corrected chi connectivity index (χ0v) is 24.9. The number of nitrogens with zero attached hydrogens (tertiary/aromatic N) is 2.